The van der Waals surface area contributed by atoms with Crippen LogP contribution in [0.5, 0.6) is 0 Å². The number of carbonyl (C=O) groups is 1. The van der Waals surface area contributed by atoms with Crippen molar-refractivity contribution < 1.29 is 9.18 Å². The van der Waals surface area contributed by atoms with Crippen molar-refractivity contribution in [3.05, 3.63) is 35.1 Å². The zero-order chi connectivity index (χ0) is 16.7. The number of hydrogen-bond donors (Lipinski definition) is 3. The molecule has 1 aliphatic rings. The van der Waals surface area contributed by atoms with Gasteiger partial charge in [-0.3, -0.25) is 4.79 Å². The van der Waals surface area contributed by atoms with Crippen LogP contribution in [-0.4, -0.2) is 31.0 Å². The highest BCUT2D eigenvalue weighted by molar-refractivity contribution is 5.81. The summed E-state index contributed by atoms with van der Waals surface area (Å²) >= 11 is 0. The van der Waals surface area contributed by atoms with Crippen molar-refractivity contribution in [3.8, 4) is 6.07 Å². The number of guanidine groups is 1. The fraction of sp³-hybridized carbons (Fsp3) is 0.438. The number of rotatable bonds is 4. The molecule has 122 valence electrons. The zero-order valence-corrected chi connectivity index (χ0v) is 13.0. The van der Waals surface area contributed by atoms with Gasteiger partial charge in [-0.2, -0.15) is 5.26 Å². The van der Waals surface area contributed by atoms with Gasteiger partial charge in [-0.15, -0.1) is 0 Å². The number of nitrogens with one attached hydrogen (secondary N) is 3. The molecule has 1 aromatic rings. The summed E-state index contributed by atoms with van der Waals surface area (Å²) in [7, 11) is 0. The van der Waals surface area contributed by atoms with Gasteiger partial charge in [0.05, 0.1) is 18.2 Å². The van der Waals surface area contributed by atoms with Crippen LogP contribution in [0, 0.1) is 17.1 Å². The Kier molecular flexibility index (Phi) is 5.92. The fourth-order valence-electron chi connectivity index (χ4n) is 2.28. The minimum absolute atomic E-state index is 0.0599. The number of carbonyl (C=O) groups excluding carboxylic acids is 1. The van der Waals surface area contributed by atoms with E-state index in [4.69, 9.17) is 5.26 Å². The molecular weight excluding hydrogens is 297 g/mol. The van der Waals surface area contributed by atoms with E-state index in [-0.39, 0.29) is 18.5 Å². The normalized spacial score (nSPS) is 18.0. The quantitative estimate of drug-likeness (QED) is 0.571. The molecule has 2 rings (SSSR count). The van der Waals surface area contributed by atoms with Gasteiger partial charge in [-0.05, 0) is 25.5 Å². The lowest BCUT2D eigenvalue weighted by Gasteiger charge is -2.25. The van der Waals surface area contributed by atoms with Crippen LogP contribution in [0.2, 0.25) is 0 Å². The molecule has 3 N–H and O–H groups in total. The maximum absolute atomic E-state index is 13.9. The first-order chi connectivity index (χ1) is 11.1. The summed E-state index contributed by atoms with van der Waals surface area (Å²) in [5.41, 5.74) is 0.719. The lowest BCUT2D eigenvalue weighted by atomic mass is 10.1. The van der Waals surface area contributed by atoms with E-state index in [1.54, 1.807) is 12.1 Å². The van der Waals surface area contributed by atoms with Crippen LogP contribution < -0.4 is 16.0 Å². The van der Waals surface area contributed by atoms with Gasteiger partial charge < -0.3 is 16.0 Å². The van der Waals surface area contributed by atoms with Crippen molar-refractivity contribution in [2.45, 2.75) is 32.4 Å². The van der Waals surface area contributed by atoms with Gasteiger partial charge in [0.2, 0.25) is 5.91 Å². The lowest BCUT2D eigenvalue weighted by Crippen LogP contribution is -2.51. The summed E-state index contributed by atoms with van der Waals surface area (Å²) in [5, 5.41) is 17.9. The molecule has 1 amide bonds. The number of halogens is 1. The van der Waals surface area contributed by atoms with E-state index in [9.17, 15) is 9.18 Å². The topological polar surface area (TPSA) is 89.3 Å². The SMILES string of the molecule is CCNC(=NCc1ccc(C#N)cc1F)NC1CCC(=O)NC1. The maximum atomic E-state index is 13.9. The van der Waals surface area contributed by atoms with E-state index in [0.717, 1.165) is 6.42 Å². The van der Waals surface area contributed by atoms with Gasteiger partial charge in [0, 0.05) is 31.1 Å². The molecular formula is C16H20FN5O. The largest absolute Gasteiger partial charge is 0.357 e. The monoisotopic (exact) mass is 317 g/mol. The molecule has 1 saturated heterocycles. The van der Waals surface area contributed by atoms with Crippen LogP contribution in [0.15, 0.2) is 23.2 Å². The first-order valence-corrected chi connectivity index (χ1v) is 7.62. The standard InChI is InChI=1S/C16H20FN5O/c1-2-19-16(22-13-5-6-15(23)20-10-13)21-9-12-4-3-11(8-18)7-14(12)17/h3-4,7,13H,2,5-6,9-10H2,1H3,(H,20,23)(H2,19,21,22). The maximum Gasteiger partial charge on any atom is 0.220 e. The number of benzene rings is 1. The average Bonchev–Trinajstić information content (AvgIpc) is 2.55. The highest BCUT2D eigenvalue weighted by Gasteiger charge is 2.18. The minimum atomic E-state index is -0.437. The number of piperidine rings is 1. The Bertz CT molecular complexity index is 628. The van der Waals surface area contributed by atoms with Crippen LogP contribution in [0.25, 0.3) is 0 Å². The van der Waals surface area contributed by atoms with Crippen LogP contribution in [-0.2, 0) is 11.3 Å². The average molecular weight is 317 g/mol. The second-order valence-corrected chi connectivity index (χ2v) is 5.30. The number of hydrogen-bond acceptors (Lipinski definition) is 3. The molecule has 1 heterocycles. The molecule has 7 heteroatoms. The Morgan fingerprint density at radius 3 is 3.00 bits per heavy atom. The predicted molar refractivity (Wildman–Crippen MR) is 85.1 cm³/mol. The van der Waals surface area contributed by atoms with Gasteiger partial charge in [0.25, 0.3) is 0 Å². The van der Waals surface area contributed by atoms with Crippen molar-refractivity contribution in [1.82, 2.24) is 16.0 Å². The van der Waals surface area contributed by atoms with E-state index in [1.807, 2.05) is 13.0 Å². The van der Waals surface area contributed by atoms with Crippen molar-refractivity contribution >= 4 is 11.9 Å². The Hall–Kier alpha value is -2.62. The molecule has 1 atom stereocenters. The molecule has 1 aromatic carbocycles. The van der Waals surface area contributed by atoms with E-state index < -0.39 is 5.82 Å². The first kappa shape index (κ1) is 16.7. The predicted octanol–water partition coefficient (Wildman–Crippen LogP) is 1.03. The van der Waals surface area contributed by atoms with Gasteiger partial charge in [0.15, 0.2) is 5.96 Å². The molecule has 0 aromatic heterocycles. The second-order valence-electron chi connectivity index (χ2n) is 5.30. The van der Waals surface area contributed by atoms with Crippen molar-refractivity contribution in [2.24, 2.45) is 4.99 Å². The molecule has 23 heavy (non-hydrogen) atoms. The van der Waals surface area contributed by atoms with Gasteiger partial charge in [0.1, 0.15) is 5.82 Å². The Balaban J connectivity index is 2.01. The van der Waals surface area contributed by atoms with E-state index in [1.165, 1.54) is 6.07 Å². The van der Waals surface area contributed by atoms with Gasteiger partial charge in [-0.1, -0.05) is 6.07 Å². The van der Waals surface area contributed by atoms with Gasteiger partial charge in [-0.25, -0.2) is 9.38 Å². The first-order valence-electron chi connectivity index (χ1n) is 7.62. The summed E-state index contributed by atoms with van der Waals surface area (Å²) in [5.74, 6) is 0.204. The van der Waals surface area contributed by atoms with Gasteiger partial charge >= 0.3 is 0 Å². The van der Waals surface area contributed by atoms with E-state index in [2.05, 4.69) is 20.9 Å². The van der Waals surface area contributed by atoms with Crippen molar-refractivity contribution in [1.29, 1.82) is 5.26 Å². The smallest absolute Gasteiger partial charge is 0.220 e. The molecule has 0 radical (unpaired) electrons. The Morgan fingerprint density at radius 1 is 1.57 bits per heavy atom. The lowest BCUT2D eigenvalue weighted by molar-refractivity contribution is -0.122. The molecule has 1 unspecified atom stereocenters. The third-order valence-electron chi connectivity index (χ3n) is 3.54. The van der Waals surface area contributed by atoms with Crippen LogP contribution in [0.1, 0.15) is 30.9 Å². The number of amides is 1. The summed E-state index contributed by atoms with van der Waals surface area (Å²) in [6, 6.07) is 6.37. The van der Waals surface area contributed by atoms with E-state index >= 15 is 0 Å². The Labute approximate surface area is 134 Å². The Morgan fingerprint density at radius 2 is 2.39 bits per heavy atom. The highest BCUT2D eigenvalue weighted by Crippen LogP contribution is 2.11. The molecule has 0 bridgehead atoms. The van der Waals surface area contributed by atoms with Crippen molar-refractivity contribution in [3.63, 3.8) is 0 Å². The number of nitrogens with zero attached hydrogens (tertiary/aromatic N) is 2. The highest BCUT2D eigenvalue weighted by atomic mass is 19.1. The molecule has 0 spiro atoms. The third-order valence-corrected chi connectivity index (χ3v) is 3.54. The fourth-order valence-corrected chi connectivity index (χ4v) is 2.28. The molecule has 1 aliphatic heterocycles. The summed E-state index contributed by atoms with van der Waals surface area (Å²) in [6.45, 7) is 3.35. The minimum Gasteiger partial charge on any atom is -0.357 e. The molecule has 0 saturated carbocycles. The van der Waals surface area contributed by atoms with Crippen molar-refractivity contribution in [2.75, 3.05) is 13.1 Å². The molecule has 0 aliphatic carbocycles. The molecule has 1 fully saturated rings. The molecule has 6 nitrogen and oxygen atoms in total. The summed E-state index contributed by atoms with van der Waals surface area (Å²) in [4.78, 5) is 15.5. The van der Waals surface area contributed by atoms with Crippen LogP contribution >= 0.6 is 0 Å². The summed E-state index contributed by atoms with van der Waals surface area (Å²) in [6.07, 6.45) is 1.22. The van der Waals surface area contributed by atoms with Crippen LogP contribution in [0.3, 0.4) is 0 Å². The van der Waals surface area contributed by atoms with Crippen LogP contribution in [0.4, 0.5) is 4.39 Å². The number of aliphatic imine (C=N–C) groups is 1. The number of nitriles is 1. The third kappa shape index (κ3) is 4.95. The second kappa shape index (κ2) is 8.13. The summed E-state index contributed by atoms with van der Waals surface area (Å²) < 4.78 is 13.9. The zero-order valence-electron chi connectivity index (χ0n) is 13.0. The van der Waals surface area contributed by atoms with E-state index in [0.29, 0.717) is 36.6 Å².